The first-order valence-corrected chi connectivity index (χ1v) is 5.98. The summed E-state index contributed by atoms with van der Waals surface area (Å²) in [5, 5.41) is 3.35. The fourth-order valence-corrected chi connectivity index (χ4v) is 1.74. The lowest BCUT2D eigenvalue weighted by Crippen LogP contribution is -2.07. The van der Waals surface area contributed by atoms with Crippen LogP contribution in [0.1, 0.15) is 18.5 Å². The van der Waals surface area contributed by atoms with E-state index in [0.717, 1.165) is 10.3 Å². The third kappa shape index (κ3) is 2.83. The van der Waals surface area contributed by atoms with Gasteiger partial charge in [0.25, 0.3) is 0 Å². The summed E-state index contributed by atoms with van der Waals surface area (Å²) in [5.41, 5.74) is 1.26. The lowest BCUT2D eigenvalue weighted by Gasteiger charge is -2.14. The summed E-state index contributed by atoms with van der Waals surface area (Å²) in [7, 11) is 0. The van der Waals surface area contributed by atoms with E-state index >= 15 is 0 Å². The Morgan fingerprint density at radius 3 is 2.50 bits per heavy atom. The maximum atomic E-state index is 4.29. The molecule has 0 aliphatic rings. The smallest absolute Gasteiger partial charge is 0.126 e. The van der Waals surface area contributed by atoms with Crippen molar-refractivity contribution in [2.24, 2.45) is 0 Å². The summed E-state index contributed by atoms with van der Waals surface area (Å²) in [6.07, 6.45) is 1.79. The maximum Gasteiger partial charge on any atom is 0.126 e. The van der Waals surface area contributed by atoms with Crippen LogP contribution in [0.15, 0.2) is 53.1 Å². The van der Waals surface area contributed by atoms with Crippen LogP contribution < -0.4 is 5.32 Å². The van der Waals surface area contributed by atoms with E-state index in [1.54, 1.807) is 6.20 Å². The molecule has 1 aromatic heterocycles. The molecule has 3 heteroatoms. The molecule has 0 amide bonds. The van der Waals surface area contributed by atoms with Crippen molar-refractivity contribution in [3.05, 3.63) is 58.7 Å². The van der Waals surface area contributed by atoms with Crippen LogP contribution in [-0.4, -0.2) is 4.98 Å². The minimum Gasteiger partial charge on any atom is -0.364 e. The molecular formula is C13H13BrN2. The Bertz CT molecular complexity index is 439. The van der Waals surface area contributed by atoms with E-state index in [2.05, 4.69) is 45.3 Å². The fourth-order valence-electron chi connectivity index (χ4n) is 1.51. The normalized spacial score (nSPS) is 12.1. The van der Waals surface area contributed by atoms with Crippen LogP contribution in [0, 0.1) is 0 Å². The van der Waals surface area contributed by atoms with Crippen molar-refractivity contribution in [1.29, 1.82) is 0 Å². The molecule has 1 heterocycles. The number of hydrogen-bond donors (Lipinski definition) is 1. The Kier molecular flexibility index (Phi) is 3.57. The lowest BCUT2D eigenvalue weighted by atomic mass is 10.1. The van der Waals surface area contributed by atoms with Gasteiger partial charge in [0.05, 0.1) is 0 Å². The molecule has 82 valence electrons. The van der Waals surface area contributed by atoms with Crippen LogP contribution in [0.2, 0.25) is 0 Å². The van der Waals surface area contributed by atoms with Gasteiger partial charge in [0.1, 0.15) is 5.82 Å². The Balaban J connectivity index is 2.08. The summed E-state index contributed by atoms with van der Waals surface area (Å²) in [6.45, 7) is 2.12. The summed E-state index contributed by atoms with van der Waals surface area (Å²) < 4.78 is 0.991. The molecule has 0 unspecified atom stereocenters. The molecule has 0 bridgehead atoms. The molecule has 0 saturated carbocycles. The Morgan fingerprint density at radius 2 is 1.88 bits per heavy atom. The third-order valence-corrected chi connectivity index (χ3v) is 2.86. The van der Waals surface area contributed by atoms with E-state index in [1.807, 2.05) is 30.3 Å². The van der Waals surface area contributed by atoms with Crippen molar-refractivity contribution in [2.45, 2.75) is 13.0 Å². The molecule has 0 saturated heterocycles. The molecule has 1 N–H and O–H groups in total. The van der Waals surface area contributed by atoms with Gasteiger partial charge < -0.3 is 5.32 Å². The Morgan fingerprint density at radius 1 is 1.12 bits per heavy atom. The predicted octanol–water partition coefficient (Wildman–Crippen LogP) is 4.02. The van der Waals surface area contributed by atoms with Crippen LogP contribution in [-0.2, 0) is 0 Å². The van der Waals surface area contributed by atoms with Crippen molar-refractivity contribution in [3.8, 4) is 0 Å². The van der Waals surface area contributed by atoms with Gasteiger partial charge in [-0.3, -0.25) is 0 Å². The van der Waals surface area contributed by atoms with E-state index in [-0.39, 0.29) is 6.04 Å². The third-order valence-electron chi connectivity index (χ3n) is 2.39. The molecule has 0 fully saturated rings. The Hall–Kier alpha value is -1.35. The molecule has 2 rings (SSSR count). The number of halogens is 1. The van der Waals surface area contributed by atoms with Crippen LogP contribution in [0.25, 0.3) is 0 Å². The molecule has 0 aliphatic carbocycles. The highest BCUT2D eigenvalue weighted by molar-refractivity contribution is 9.10. The molecule has 1 aromatic carbocycles. The highest BCUT2D eigenvalue weighted by Gasteiger charge is 2.04. The predicted molar refractivity (Wildman–Crippen MR) is 70.4 cm³/mol. The minimum atomic E-state index is 0.259. The fraction of sp³-hybridized carbons (Fsp3) is 0.154. The van der Waals surface area contributed by atoms with E-state index in [4.69, 9.17) is 0 Å². The molecule has 2 aromatic rings. The zero-order valence-corrected chi connectivity index (χ0v) is 10.6. The van der Waals surface area contributed by atoms with Gasteiger partial charge in [0.15, 0.2) is 0 Å². The molecule has 0 radical (unpaired) electrons. The molecule has 2 nitrogen and oxygen atoms in total. The summed E-state index contributed by atoms with van der Waals surface area (Å²) in [5.74, 6) is 0.888. The maximum absolute atomic E-state index is 4.29. The second kappa shape index (κ2) is 5.12. The SMILES string of the molecule is C[C@@H](Nc1ccc(Br)cn1)c1ccccc1. The van der Waals surface area contributed by atoms with Crippen molar-refractivity contribution in [1.82, 2.24) is 4.98 Å². The van der Waals surface area contributed by atoms with Crippen molar-refractivity contribution >= 4 is 21.7 Å². The molecule has 1 atom stereocenters. The first-order chi connectivity index (χ1) is 7.75. The number of rotatable bonds is 3. The first-order valence-electron chi connectivity index (χ1n) is 5.19. The van der Waals surface area contributed by atoms with Gasteiger partial charge in [0.2, 0.25) is 0 Å². The van der Waals surface area contributed by atoms with Gasteiger partial charge in [-0.2, -0.15) is 0 Å². The van der Waals surface area contributed by atoms with Crippen LogP contribution in [0.4, 0.5) is 5.82 Å². The standard InChI is InChI=1S/C13H13BrN2/c1-10(11-5-3-2-4-6-11)16-13-8-7-12(14)9-15-13/h2-10H,1H3,(H,15,16)/t10-/m1/s1. The molecule has 0 spiro atoms. The first kappa shape index (κ1) is 11.1. The lowest BCUT2D eigenvalue weighted by molar-refractivity contribution is 0.874. The highest BCUT2D eigenvalue weighted by Crippen LogP contribution is 2.18. The number of anilines is 1. The summed E-state index contributed by atoms with van der Waals surface area (Å²) >= 11 is 3.37. The van der Waals surface area contributed by atoms with Crippen LogP contribution in [0.5, 0.6) is 0 Å². The van der Waals surface area contributed by atoms with Crippen LogP contribution in [0.3, 0.4) is 0 Å². The van der Waals surface area contributed by atoms with Gasteiger partial charge in [-0.15, -0.1) is 0 Å². The molecular weight excluding hydrogens is 264 g/mol. The van der Waals surface area contributed by atoms with Gasteiger partial charge in [-0.05, 0) is 40.5 Å². The molecule has 0 aliphatic heterocycles. The Labute approximate surface area is 104 Å². The second-order valence-electron chi connectivity index (χ2n) is 3.64. The summed E-state index contributed by atoms with van der Waals surface area (Å²) in [6, 6.07) is 14.5. The quantitative estimate of drug-likeness (QED) is 0.916. The average molecular weight is 277 g/mol. The number of hydrogen-bond acceptors (Lipinski definition) is 2. The minimum absolute atomic E-state index is 0.259. The number of nitrogens with one attached hydrogen (secondary N) is 1. The number of benzene rings is 1. The summed E-state index contributed by atoms with van der Waals surface area (Å²) in [4.78, 5) is 4.29. The van der Waals surface area contributed by atoms with E-state index in [9.17, 15) is 0 Å². The average Bonchev–Trinajstić information content (AvgIpc) is 2.33. The largest absolute Gasteiger partial charge is 0.364 e. The topological polar surface area (TPSA) is 24.9 Å². The zero-order chi connectivity index (χ0) is 11.4. The van der Waals surface area contributed by atoms with E-state index in [1.165, 1.54) is 5.56 Å². The van der Waals surface area contributed by atoms with Crippen molar-refractivity contribution in [3.63, 3.8) is 0 Å². The van der Waals surface area contributed by atoms with Crippen molar-refractivity contribution in [2.75, 3.05) is 5.32 Å². The van der Waals surface area contributed by atoms with Gasteiger partial charge in [0, 0.05) is 16.7 Å². The number of aromatic nitrogens is 1. The van der Waals surface area contributed by atoms with Gasteiger partial charge >= 0.3 is 0 Å². The van der Waals surface area contributed by atoms with Gasteiger partial charge in [-0.1, -0.05) is 30.3 Å². The highest BCUT2D eigenvalue weighted by atomic mass is 79.9. The number of nitrogens with zero attached hydrogens (tertiary/aromatic N) is 1. The monoisotopic (exact) mass is 276 g/mol. The number of pyridine rings is 1. The van der Waals surface area contributed by atoms with Crippen molar-refractivity contribution < 1.29 is 0 Å². The molecule has 16 heavy (non-hydrogen) atoms. The van der Waals surface area contributed by atoms with E-state index < -0.39 is 0 Å². The van der Waals surface area contributed by atoms with Gasteiger partial charge in [-0.25, -0.2) is 4.98 Å². The van der Waals surface area contributed by atoms with Crippen LogP contribution >= 0.6 is 15.9 Å². The van der Waals surface area contributed by atoms with E-state index in [0.29, 0.717) is 0 Å². The zero-order valence-electron chi connectivity index (χ0n) is 9.02. The second-order valence-corrected chi connectivity index (χ2v) is 4.55.